The molecule has 0 aliphatic carbocycles. The molecule has 1 aliphatic heterocycles. The highest BCUT2D eigenvalue weighted by molar-refractivity contribution is 5.73. The van der Waals surface area contributed by atoms with Crippen LogP contribution in [0.25, 0.3) is 11.8 Å². The molecule has 0 aromatic heterocycles. The summed E-state index contributed by atoms with van der Waals surface area (Å²) in [5, 5.41) is 2.18. The van der Waals surface area contributed by atoms with Crippen molar-refractivity contribution in [1.29, 1.82) is 0 Å². The summed E-state index contributed by atoms with van der Waals surface area (Å²) in [6, 6.07) is 36.9. The van der Waals surface area contributed by atoms with Crippen LogP contribution in [0.15, 0.2) is 121 Å². The molecule has 0 saturated heterocycles. The average Bonchev–Trinajstić information content (AvgIpc) is 3.37. The molecule has 4 aromatic carbocycles. The molecule has 0 radical (unpaired) electrons. The van der Waals surface area contributed by atoms with Gasteiger partial charge in [0.15, 0.2) is 0 Å². The van der Waals surface area contributed by atoms with Crippen molar-refractivity contribution in [2.24, 2.45) is 0 Å². The Morgan fingerprint density at radius 1 is 0.743 bits per heavy atom. The fourth-order valence-electron chi connectivity index (χ4n) is 3.94. The predicted molar refractivity (Wildman–Crippen MR) is 145 cm³/mol. The third kappa shape index (κ3) is 5.46. The second-order valence-electron chi connectivity index (χ2n) is 8.21. The lowest BCUT2D eigenvalue weighted by Crippen LogP contribution is -2.37. The first-order valence-corrected chi connectivity index (χ1v) is 11.6. The Bertz CT molecular complexity index is 1380. The fraction of sp³-hybridized carbons (Fsp3) is 0.0625. The van der Waals surface area contributed by atoms with Gasteiger partial charge in [-0.25, -0.2) is 0 Å². The minimum Gasteiger partial charge on any atom is -0.497 e. The number of rotatable bonds is 5. The van der Waals surface area contributed by atoms with Crippen molar-refractivity contribution < 1.29 is 4.74 Å². The van der Waals surface area contributed by atoms with Gasteiger partial charge in [0.05, 0.1) is 24.5 Å². The van der Waals surface area contributed by atoms with Crippen molar-refractivity contribution in [3.63, 3.8) is 0 Å². The van der Waals surface area contributed by atoms with Crippen molar-refractivity contribution in [3.05, 3.63) is 144 Å². The first kappa shape index (κ1) is 22.1. The second-order valence-corrected chi connectivity index (χ2v) is 8.21. The number of hydrogen-bond donors (Lipinski definition) is 1. The zero-order chi connectivity index (χ0) is 23.9. The normalized spacial score (nSPS) is 14.7. The van der Waals surface area contributed by atoms with E-state index in [1.54, 1.807) is 7.11 Å². The summed E-state index contributed by atoms with van der Waals surface area (Å²) < 4.78 is 5.27. The molecule has 0 spiro atoms. The van der Waals surface area contributed by atoms with E-state index in [1.807, 2.05) is 48.5 Å². The van der Waals surface area contributed by atoms with Crippen LogP contribution in [0.2, 0.25) is 0 Å². The average molecular weight is 455 g/mol. The lowest BCUT2D eigenvalue weighted by Gasteiger charge is -2.25. The molecule has 3 nitrogen and oxygen atoms in total. The third-order valence-electron chi connectivity index (χ3n) is 5.83. The summed E-state index contributed by atoms with van der Waals surface area (Å²) in [5.74, 6) is 7.32. The summed E-state index contributed by atoms with van der Waals surface area (Å²) in [6.45, 7) is 0. The van der Waals surface area contributed by atoms with Gasteiger partial charge in [-0.1, -0.05) is 84.7 Å². The van der Waals surface area contributed by atoms with Gasteiger partial charge in [0.25, 0.3) is 0 Å². The van der Waals surface area contributed by atoms with Crippen molar-refractivity contribution in [1.82, 2.24) is 5.43 Å². The number of anilines is 1. The number of para-hydroxylation sites is 1. The van der Waals surface area contributed by atoms with Gasteiger partial charge >= 0.3 is 0 Å². The predicted octanol–water partition coefficient (Wildman–Crippen LogP) is 6.54. The summed E-state index contributed by atoms with van der Waals surface area (Å²) in [7, 11) is 1.68. The molecule has 5 rings (SSSR count). The summed E-state index contributed by atoms with van der Waals surface area (Å²) in [5.41, 5.74) is 10.0. The van der Waals surface area contributed by atoms with E-state index in [0.717, 1.165) is 39.4 Å². The Morgan fingerprint density at radius 3 is 2.03 bits per heavy atom. The van der Waals surface area contributed by atoms with E-state index >= 15 is 0 Å². The van der Waals surface area contributed by atoms with Gasteiger partial charge in [0, 0.05) is 11.1 Å². The van der Waals surface area contributed by atoms with E-state index in [2.05, 4.69) is 101 Å². The summed E-state index contributed by atoms with van der Waals surface area (Å²) in [6.07, 6.45) is 6.59. The third-order valence-corrected chi connectivity index (χ3v) is 5.83. The van der Waals surface area contributed by atoms with Gasteiger partial charge in [0.1, 0.15) is 5.75 Å². The van der Waals surface area contributed by atoms with Crippen LogP contribution in [0, 0.1) is 11.8 Å². The van der Waals surface area contributed by atoms with E-state index in [0.29, 0.717) is 0 Å². The highest BCUT2D eigenvalue weighted by Crippen LogP contribution is 2.27. The number of ether oxygens (including phenoxy) is 1. The number of methoxy groups -OCH3 is 1. The van der Waals surface area contributed by atoms with Crippen LogP contribution in [0.3, 0.4) is 0 Å². The maximum Gasteiger partial charge on any atom is 0.118 e. The van der Waals surface area contributed by atoms with E-state index in [9.17, 15) is 0 Å². The van der Waals surface area contributed by atoms with Gasteiger partial charge in [-0.05, 0) is 65.7 Å². The minimum atomic E-state index is 0.0621. The molecule has 0 bridgehead atoms. The highest BCUT2D eigenvalue weighted by Gasteiger charge is 2.23. The highest BCUT2D eigenvalue weighted by atomic mass is 16.5. The molecule has 1 unspecified atom stereocenters. The van der Waals surface area contributed by atoms with Crippen LogP contribution in [0.1, 0.15) is 22.3 Å². The van der Waals surface area contributed by atoms with Crippen LogP contribution in [-0.4, -0.2) is 13.2 Å². The molecule has 0 amide bonds. The van der Waals surface area contributed by atoms with Crippen molar-refractivity contribution in [2.75, 3.05) is 12.1 Å². The largest absolute Gasteiger partial charge is 0.497 e. The van der Waals surface area contributed by atoms with Gasteiger partial charge < -0.3 is 4.74 Å². The van der Waals surface area contributed by atoms with Crippen LogP contribution in [-0.2, 0) is 0 Å². The molecular formula is C32H26N2O. The molecule has 3 heteroatoms. The first-order chi connectivity index (χ1) is 17.3. The number of benzene rings is 4. The van der Waals surface area contributed by atoms with Gasteiger partial charge in [-0.3, -0.25) is 10.4 Å². The number of hydrazine groups is 1. The Balaban J connectivity index is 1.38. The topological polar surface area (TPSA) is 24.5 Å². The van der Waals surface area contributed by atoms with E-state index in [4.69, 9.17) is 4.74 Å². The Hall–Kier alpha value is -4.68. The van der Waals surface area contributed by atoms with Gasteiger partial charge in [0.2, 0.25) is 0 Å². The monoisotopic (exact) mass is 454 g/mol. The molecule has 1 atom stereocenters. The SMILES string of the molecule is COc1ccc(C=CC2C=C(c3ccc(C#Cc4ccccc4)cc3)NN2c2ccccc2)cc1. The van der Waals surface area contributed by atoms with E-state index in [-0.39, 0.29) is 6.04 Å². The standard InChI is InChI=1S/C32H26N2O/c1-35-31-22-17-27(18-23-31)16-21-30-24-32(33-34(30)29-10-6-3-7-11-29)28-19-14-26(15-20-28)13-12-25-8-4-2-5-9-25/h2-11,14-24,30,33H,1H3. The minimum absolute atomic E-state index is 0.0621. The van der Waals surface area contributed by atoms with Gasteiger partial charge in [-0.2, -0.15) is 0 Å². The molecule has 1 heterocycles. The zero-order valence-electron chi connectivity index (χ0n) is 19.6. The van der Waals surface area contributed by atoms with Crippen LogP contribution in [0.5, 0.6) is 5.75 Å². The van der Waals surface area contributed by atoms with Crippen LogP contribution < -0.4 is 15.2 Å². The van der Waals surface area contributed by atoms with Gasteiger partial charge in [-0.15, -0.1) is 0 Å². The summed E-state index contributed by atoms with van der Waals surface area (Å²) in [4.78, 5) is 0. The Labute approximate surface area is 207 Å². The fourth-order valence-corrected chi connectivity index (χ4v) is 3.94. The number of hydrogen-bond acceptors (Lipinski definition) is 3. The molecule has 170 valence electrons. The molecule has 4 aromatic rings. The smallest absolute Gasteiger partial charge is 0.118 e. The number of nitrogens with zero attached hydrogens (tertiary/aromatic N) is 1. The number of nitrogens with one attached hydrogen (secondary N) is 1. The second kappa shape index (κ2) is 10.5. The maximum absolute atomic E-state index is 5.27. The van der Waals surface area contributed by atoms with Crippen LogP contribution in [0.4, 0.5) is 5.69 Å². The quantitative estimate of drug-likeness (QED) is 0.347. The summed E-state index contributed by atoms with van der Waals surface area (Å²) >= 11 is 0. The van der Waals surface area contributed by atoms with Crippen LogP contribution >= 0.6 is 0 Å². The maximum atomic E-state index is 5.27. The van der Waals surface area contributed by atoms with E-state index < -0.39 is 0 Å². The van der Waals surface area contributed by atoms with Crippen molar-refractivity contribution in [3.8, 4) is 17.6 Å². The van der Waals surface area contributed by atoms with E-state index in [1.165, 1.54) is 0 Å². The molecule has 1 aliphatic rings. The molecule has 0 fully saturated rings. The van der Waals surface area contributed by atoms with Crippen molar-refractivity contribution in [2.45, 2.75) is 6.04 Å². The molecule has 35 heavy (non-hydrogen) atoms. The molecule has 1 N–H and O–H groups in total. The van der Waals surface area contributed by atoms with Crippen molar-refractivity contribution >= 4 is 17.5 Å². The lowest BCUT2D eigenvalue weighted by molar-refractivity contribution is 0.415. The zero-order valence-corrected chi connectivity index (χ0v) is 19.6. The lowest BCUT2D eigenvalue weighted by atomic mass is 10.1. The molecular weight excluding hydrogens is 428 g/mol. The Morgan fingerprint density at radius 2 is 1.37 bits per heavy atom. The first-order valence-electron chi connectivity index (χ1n) is 11.6. The molecule has 0 saturated carbocycles. The Kier molecular flexibility index (Phi) is 6.64.